The Labute approximate surface area is 229 Å². The second-order valence-electron chi connectivity index (χ2n) is 9.01. The number of carbonyl (C=O) groups excluding carboxylic acids is 1. The van der Waals surface area contributed by atoms with E-state index in [9.17, 15) is 4.79 Å². The summed E-state index contributed by atoms with van der Waals surface area (Å²) in [6.45, 7) is 4.77. The standard InChI is InChI=1S/C32H34N2O5/c1-3-36-31(35)17-11-10-16-29(26-12-6-4-7-13-26)34-38-22-25-18-20-28(21-19-25)37-23-30-24(2)39-32(33-30)27-14-8-5-9-15-27/h4-9,12-15,18-21H,3,10-11,16-17,22-23H2,1-2H3/b34-29-. The molecule has 0 spiro atoms. The molecule has 4 aromatic rings. The average Bonchev–Trinajstić information content (AvgIpc) is 3.35. The lowest BCUT2D eigenvalue weighted by atomic mass is 10.0. The largest absolute Gasteiger partial charge is 0.487 e. The maximum Gasteiger partial charge on any atom is 0.305 e. The summed E-state index contributed by atoms with van der Waals surface area (Å²) in [5.41, 5.74) is 4.55. The molecule has 0 bridgehead atoms. The van der Waals surface area contributed by atoms with Crippen LogP contribution < -0.4 is 4.74 Å². The zero-order valence-electron chi connectivity index (χ0n) is 22.5. The van der Waals surface area contributed by atoms with E-state index in [0.717, 1.165) is 52.4 Å². The number of aryl methyl sites for hydroxylation is 1. The number of unbranched alkanes of at least 4 members (excludes halogenated alkanes) is 1. The van der Waals surface area contributed by atoms with Crippen LogP contribution in [0.15, 0.2) is 94.5 Å². The Morgan fingerprint density at radius 1 is 0.872 bits per heavy atom. The first-order valence-corrected chi connectivity index (χ1v) is 13.3. The van der Waals surface area contributed by atoms with E-state index in [-0.39, 0.29) is 5.97 Å². The van der Waals surface area contributed by atoms with E-state index >= 15 is 0 Å². The van der Waals surface area contributed by atoms with Gasteiger partial charge in [0.1, 0.15) is 30.4 Å². The van der Waals surface area contributed by atoms with Crippen LogP contribution in [0.4, 0.5) is 0 Å². The van der Waals surface area contributed by atoms with Crippen LogP contribution in [0.2, 0.25) is 0 Å². The number of aromatic nitrogens is 1. The number of rotatable bonds is 14. The highest BCUT2D eigenvalue weighted by Crippen LogP contribution is 2.23. The molecule has 0 saturated heterocycles. The Morgan fingerprint density at radius 2 is 1.56 bits per heavy atom. The van der Waals surface area contributed by atoms with Crippen molar-refractivity contribution in [2.45, 2.75) is 52.7 Å². The zero-order chi connectivity index (χ0) is 27.3. The highest BCUT2D eigenvalue weighted by molar-refractivity contribution is 6.00. The average molecular weight is 527 g/mol. The Kier molecular flexibility index (Phi) is 10.3. The van der Waals surface area contributed by atoms with Crippen molar-refractivity contribution < 1.29 is 23.5 Å². The molecule has 0 amide bonds. The minimum absolute atomic E-state index is 0.160. The fraction of sp³-hybridized carbons (Fsp3) is 0.281. The van der Waals surface area contributed by atoms with Gasteiger partial charge in [0, 0.05) is 12.0 Å². The third-order valence-electron chi connectivity index (χ3n) is 6.08. The molecule has 7 nitrogen and oxygen atoms in total. The number of hydrogen-bond donors (Lipinski definition) is 0. The molecule has 0 fully saturated rings. The lowest BCUT2D eigenvalue weighted by molar-refractivity contribution is -0.143. The third kappa shape index (κ3) is 8.57. The van der Waals surface area contributed by atoms with E-state index in [1.807, 2.05) is 98.8 Å². The summed E-state index contributed by atoms with van der Waals surface area (Å²) in [5.74, 6) is 1.91. The first-order valence-electron chi connectivity index (χ1n) is 13.3. The maximum atomic E-state index is 11.6. The van der Waals surface area contributed by atoms with Crippen LogP contribution >= 0.6 is 0 Å². The Balaban J connectivity index is 1.28. The molecule has 0 aliphatic heterocycles. The number of esters is 1. The normalized spacial score (nSPS) is 11.3. The van der Waals surface area contributed by atoms with Crippen LogP contribution in [-0.2, 0) is 27.6 Å². The molecule has 1 heterocycles. The van der Waals surface area contributed by atoms with Gasteiger partial charge in [-0.25, -0.2) is 4.98 Å². The van der Waals surface area contributed by atoms with E-state index in [1.54, 1.807) is 0 Å². The first kappa shape index (κ1) is 27.6. The molecular weight excluding hydrogens is 492 g/mol. The second kappa shape index (κ2) is 14.5. The molecular formula is C32H34N2O5. The topological polar surface area (TPSA) is 83.2 Å². The summed E-state index contributed by atoms with van der Waals surface area (Å²) in [5, 5.41) is 4.43. The number of hydrogen-bond acceptors (Lipinski definition) is 7. The summed E-state index contributed by atoms with van der Waals surface area (Å²) < 4.78 is 16.8. The van der Waals surface area contributed by atoms with Gasteiger partial charge in [-0.3, -0.25) is 4.79 Å². The Hall–Kier alpha value is -4.39. The fourth-order valence-corrected chi connectivity index (χ4v) is 3.95. The molecule has 0 saturated carbocycles. The predicted octanol–water partition coefficient (Wildman–Crippen LogP) is 7.27. The van der Waals surface area contributed by atoms with Gasteiger partial charge in [-0.05, 0) is 68.5 Å². The smallest absolute Gasteiger partial charge is 0.305 e. The monoisotopic (exact) mass is 526 g/mol. The lowest BCUT2D eigenvalue weighted by Gasteiger charge is -2.08. The molecule has 7 heteroatoms. The van der Waals surface area contributed by atoms with Crippen molar-refractivity contribution in [2.24, 2.45) is 5.16 Å². The van der Waals surface area contributed by atoms with Crippen LogP contribution in [0.25, 0.3) is 11.5 Å². The summed E-state index contributed by atoms with van der Waals surface area (Å²) in [7, 11) is 0. The summed E-state index contributed by atoms with van der Waals surface area (Å²) in [6.07, 6.45) is 2.69. The highest BCUT2D eigenvalue weighted by Gasteiger charge is 2.12. The van der Waals surface area contributed by atoms with Crippen molar-refractivity contribution in [3.63, 3.8) is 0 Å². The molecule has 3 aromatic carbocycles. The van der Waals surface area contributed by atoms with Gasteiger partial charge in [-0.1, -0.05) is 65.8 Å². The van der Waals surface area contributed by atoms with Gasteiger partial charge < -0.3 is 18.7 Å². The molecule has 0 aliphatic rings. The van der Waals surface area contributed by atoms with Crippen molar-refractivity contribution in [3.8, 4) is 17.2 Å². The van der Waals surface area contributed by atoms with Crippen molar-refractivity contribution in [2.75, 3.05) is 6.61 Å². The fourth-order valence-electron chi connectivity index (χ4n) is 3.95. The summed E-state index contributed by atoms with van der Waals surface area (Å²) in [4.78, 5) is 21.9. The van der Waals surface area contributed by atoms with Gasteiger partial charge in [-0.2, -0.15) is 0 Å². The van der Waals surface area contributed by atoms with Crippen LogP contribution in [0.1, 0.15) is 55.2 Å². The highest BCUT2D eigenvalue weighted by atomic mass is 16.6. The third-order valence-corrected chi connectivity index (χ3v) is 6.08. The van der Waals surface area contributed by atoms with Crippen LogP contribution in [0.5, 0.6) is 5.75 Å². The predicted molar refractivity (Wildman–Crippen MR) is 150 cm³/mol. The van der Waals surface area contributed by atoms with E-state index < -0.39 is 0 Å². The Bertz CT molecular complexity index is 1330. The SMILES string of the molecule is CCOC(=O)CCCC/C(=N/OCc1ccc(OCc2nc(-c3ccccc3)oc2C)cc1)c1ccccc1. The van der Waals surface area contributed by atoms with Crippen molar-refractivity contribution in [1.29, 1.82) is 0 Å². The maximum absolute atomic E-state index is 11.6. The number of nitrogens with zero attached hydrogens (tertiary/aromatic N) is 2. The summed E-state index contributed by atoms with van der Waals surface area (Å²) >= 11 is 0. The van der Waals surface area contributed by atoms with Crippen molar-refractivity contribution in [3.05, 3.63) is 108 Å². The van der Waals surface area contributed by atoms with Crippen molar-refractivity contribution >= 4 is 11.7 Å². The number of carbonyl (C=O) groups is 1. The molecule has 202 valence electrons. The van der Waals surface area contributed by atoms with Crippen LogP contribution in [0.3, 0.4) is 0 Å². The van der Waals surface area contributed by atoms with Gasteiger partial charge in [0.2, 0.25) is 5.89 Å². The van der Waals surface area contributed by atoms with Gasteiger partial charge in [0.05, 0.1) is 12.3 Å². The molecule has 0 N–H and O–H groups in total. The van der Waals surface area contributed by atoms with Gasteiger partial charge in [-0.15, -0.1) is 0 Å². The Morgan fingerprint density at radius 3 is 2.28 bits per heavy atom. The zero-order valence-corrected chi connectivity index (χ0v) is 22.5. The molecule has 0 radical (unpaired) electrons. The molecule has 39 heavy (non-hydrogen) atoms. The molecule has 0 unspecified atom stereocenters. The van der Waals surface area contributed by atoms with E-state index in [0.29, 0.717) is 38.6 Å². The van der Waals surface area contributed by atoms with Gasteiger partial charge in [0.25, 0.3) is 0 Å². The van der Waals surface area contributed by atoms with Gasteiger partial charge >= 0.3 is 5.97 Å². The van der Waals surface area contributed by atoms with E-state index in [1.165, 1.54) is 0 Å². The van der Waals surface area contributed by atoms with E-state index in [2.05, 4.69) is 10.1 Å². The lowest BCUT2D eigenvalue weighted by Crippen LogP contribution is -2.05. The molecule has 1 aromatic heterocycles. The van der Waals surface area contributed by atoms with Crippen LogP contribution in [0, 0.1) is 6.92 Å². The molecule has 0 atom stereocenters. The first-order chi connectivity index (χ1) is 19.1. The second-order valence-corrected chi connectivity index (χ2v) is 9.01. The number of oxazole rings is 1. The van der Waals surface area contributed by atoms with Gasteiger partial charge in [0.15, 0.2) is 0 Å². The number of ether oxygens (including phenoxy) is 2. The number of oxime groups is 1. The van der Waals surface area contributed by atoms with Crippen LogP contribution in [-0.4, -0.2) is 23.3 Å². The minimum atomic E-state index is -0.160. The molecule has 4 rings (SSSR count). The minimum Gasteiger partial charge on any atom is -0.487 e. The number of benzene rings is 3. The van der Waals surface area contributed by atoms with E-state index in [4.69, 9.17) is 18.7 Å². The summed E-state index contributed by atoms with van der Waals surface area (Å²) in [6, 6.07) is 27.5. The molecule has 0 aliphatic carbocycles. The quantitative estimate of drug-likeness (QED) is 0.0743. The van der Waals surface area contributed by atoms with Crippen molar-refractivity contribution in [1.82, 2.24) is 4.98 Å².